The number of rotatable bonds is 8. The number of hydrogen-bond donors (Lipinski definition) is 4. The number of benzene rings is 4. The van der Waals surface area contributed by atoms with E-state index in [1.807, 2.05) is 0 Å². The summed E-state index contributed by atoms with van der Waals surface area (Å²) in [4.78, 5) is 51.5. The summed E-state index contributed by atoms with van der Waals surface area (Å²) in [6.07, 6.45) is 0. The fourth-order valence-electron chi connectivity index (χ4n) is 6.28. The molecule has 0 fully saturated rings. The van der Waals surface area contributed by atoms with E-state index in [2.05, 4.69) is 25.3 Å². The van der Waals surface area contributed by atoms with Gasteiger partial charge in [-0.05, 0) is 53.6 Å². The molecule has 0 spiro atoms. The first-order valence-electron chi connectivity index (χ1n) is 15.4. The number of H-pyrrole nitrogens is 2. The average molecular weight is 906 g/mol. The Morgan fingerprint density at radius 1 is 0.797 bits per heavy atom. The molecule has 286 valence electrons. The maximum Gasteiger partial charge on any atom is 1.00 e. The molecule has 0 atom stereocenters. The Bertz CT molecular complexity index is 3340. The molecule has 4 aromatic carbocycles. The fourth-order valence-corrected chi connectivity index (χ4v) is 8.31. The van der Waals surface area contributed by atoms with Crippen LogP contribution in [0.5, 0.6) is 0 Å². The van der Waals surface area contributed by atoms with Crippen LogP contribution in [-0.4, -0.2) is 70.0 Å². The number of ketones is 2. The monoisotopic (exact) mass is 905 g/mol. The molecule has 4 N–H and O–H groups in total. The third kappa shape index (κ3) is 9.23. The molecule has 6 aromatic rings. The van der Waals surface area contributed by atoms with Gasteiger partial charge in [-0.2, -0.15) is 4.98 Å². The van der Waals surface area contributed by atoms with Crippen molar-refractivity contribution < 1.29 is 137 Å². The van der Waals surface area contributed by atoms with Crippen LogP contribution >= 0.6 is 11.6 Å². The van der Waals surface area contributed by atoms with Crippen molar-refractivity contribution in [1.29, 1.82) is 5.41 Å². The molecule has 0 saturated heterocycles. The molecule has 0 bridgehead atoms. The fraction of sp³-hybridized carbons (Fsp3) is 0.0303. The van der Waals surface area contributed by atoms with Crippen LogP contribution in [-0.2, 0) is 37.4 Å². The van der Waals surface area contributed by atoms with E-state index in [4.69, 9.17) is 17.0 Å². The zero-order valence-electron chi connectivity index (χ0n) is 30.8. The Hall–Kier alpha value is -3.14. The van der Waals surface area contributed by atoms with Crippen molar-refractivity contribution in [2.45, 2.75) is 14.7 Å². The molecule has 26 heteroatoms. The first-order chi connectivity index (χ1) is 26.1. The minimum atomic E-state index is -5.61. The molecule has 2 aromatic heterocycles. The van der Waals surface area contributed by atoms with Crippen LogP contribution in [0.25, 0.3) is 22.0 Å². The second-order valence-electron chi connectivity index (χ2n) is 12.0. The normalized spacial score (nSPS) is 12.5. The van der Waals surface area contributed by atoms with Gasteiger partial charge in [-0.25, -0.2) is 30.2 Å². The number of anilines is 2. The van der Waals surface area contributed by atoms with Crippen molar-refractivity contribution in [1.82, 2.24) is 19.5 Å². The van der Waals surface area contributed by atoms with Crippen LogP contribution in [0.4, 0.5) is 17.1 Å². The topological polar surface area (TPSA) is 320 Å². The number of aryl methyl sites for hydroxylation is 1. The van der Waals surface area contributed by atoms with Crippen molar-refractivity contribution in [3.05, 3.63) is 122 Å². The van der Waals surface area contributed by atoms with Crippen molar-refractivity contribution >= 4 is 81.5 Å². The largest absolute Gasteiger partial charge is 1.00 e. The molecule has 0 aliphatic heterocycles. The van der Waals surface area contributed by atoms with Gasteiger partial charge in [0.15, 0.2) is 11.6 Å². The Balaban J connectivity index is 0.00000256. The number of fused-ring (bicyclic) bond motifs is 2. The third-order valence-electron chi connectivity index (χ3n) is 8.61. The van der Waals surface area contributed by atoms with Crippen LogP contribution in [0.3, 0.4) is 0 Å². The Kier molecular flexibility index (Phi) is 14.5. The molecule has 0 unspecified atom stereocenters. The predicted molar refractivity (Wildman–Crippen MR) is 191 cm³/mol. The number of halogens is 1. The van der Waals surface area contributed by atoms with E-state index >= 15 is 0 Å². The first kappa shape index (κ1) is 48.5. The van der Waals surface area contributed by atoms with Gasteiger partial charge < -0.3 is 28.5 Å². The van der Waals surface area contributed by atoms with E-state index in [1.54, 1.807) is 0 Å². The van der Waals surface area contributed by atoms with E-state index in [0.717, 1.165) is 22.8 Å². The average Bonchev–Trinajstić information content (AvgIpc) is 3.10. The number of carbonyl (C=O) groups excluding carboxylic acids is 2. The van der Waals surface area contributed by atoms with E-state index in [1.165, 1.54) is 49.5 Å². The minimum Gasteiger partial charge on any atom is -0.744 e. The Labute approximate surface area is 404 Å². The van der Waals surface area contributed by atoms with Crippen molar-refractivity contribution in [3.8, 4) is 11.1 Å². The smallest absolute Gasteiger partial charge is 0.744 e. The molecule has 2 heterocycles. The van der Waals surface area contributed by atoms with E-state index < -0.39 is 95.6 Å². The van der Waals surface area contributed by atoms with Gasteiger partial charge in [-0.15, -0.1) is 0 Å². The number of carbonyl (C=O) groups is 2. The molecule has 1 aliphatic carbocycles. The van der Waals surface area contributed by atoms with Gasteiger partial charge in [0.05, 0.1) is 48.4 Å². The van der Waals surface area contributed by atoms with Gasteiger partial charge in [-0.3, -0.25) is 24.8 Å². The second kappa shape index (κ2) is 17.7. The van der Waals surface area contributed by atoms with Gasteiger partial charge in [-0.1, -0.05) is 36.4 Å². The summed E-state index contributed by atoms with van der Waals surface area (Å²) in [5.41, 5.74) is -4.58. The predicted octanol–water partition coefficient (Wildman–Crippen LogP) is -7.13. The van der Waals surface area contributed by atoms with Crippen LogP contribution in [0.2, 0.25) is 5.28 Å². The molecular formula is C33H19ClN7Na3O12S3. The zero-order chi connectivity index (χ0) is 40.6. The zero-order valence-corrected chi connectivity index (χ0v) is 40.0. The maximum atomic E-state index is 14.4. The maximum absolute atomic E-state index is 14.4. The molecule has 7 rings (SSSR count). The van der Waals surface area contributed by atoms with Crippen LogP contribution < -0.4 is 111 Å². The minimum absolute atomic E-state index is 0. The number of hydrogen-bond acceptors (Lipinski definition) is 16. The molecule has 0 amide bonds. The standard InChI is InChI=1S/C33H22ClN7O12S3.3Na/c1-41-21-10-9-18(36-19-12-20(37-33-39-31(34)38-32(35)40-33)23(56(51,52)53)13-22(19)55(48,49)50)25-26(21)24(16-7-2-3-8-17(16)29(25)43)27(30(41)44)28(42)14-5-4-6-15(11-14)54(45,46)47;;;/h2-13,36H,1H3,(H,45,46,47)(H,48,49,50)(H,51,52,53)(H3,35,37,38,39,40);;;/q;3*+1/p-3. The van der Waals surface area contributed by atoms with Crippen LogP contribution in [0.1, 0.15) is 31.8 Å². The SMILES string of the molecule is Cn1c(=O)c(C(=O)c2cccc(S(=O)(=O)[O-])c2)c2c3c(c(Nc4cc(N=c5[nH]c(Cl)nc(=N)[nH]5)c(S(=O)(=O)[O-])cc4S(=O)(=O)[O-])ccc31)C(=O)c1ccccc1-2.[Na+].[Na+].[Na+]. The number of aromatic amines is 2. The molecule has 59 heavy (non-hydrogen) atoms. The number of pyridine rings is 1. The number of aromatic nitrogens is 4. The summed E-state index contributed by atoms with van der Waals surface area (Å²) in [6.45, 7) is 0. The third-order valence-corrected chi connectivity index (χ3v) is 11.4. The second-order valence-corrected chi connectivity index (χ2v) is 16.4. The van der Waals surface area contributed by atoms with Gasteiger partial charge in [0.25, 0.3) is 5.56 Å². The molecule has 0 saturated carbocycles. The van der Waals surface area contributed by atoms with Gasteiger partial charge in [0.1, 0.15) is 30.4 Å². The van der Waals surface area contributed by atoms with Crippen LogP contribution in [0, 0.1) is 5.41 Å². The summed E-state index contributed by atoms with van der Waals surface area (Å²) in [5, 5.41) is 9.97. The number of nitrogens with zero attached hydrogens (tertiary/aromatic N) is 3. The van der Waals surface area contributed by atoms with E-state index in [0.29, 0.717) is 6.07 Å². The van der Waals surface area contributed by atoms with Crippen molar-refractivity contribution in [2.24, 2.45) is 12.0 Å². The van der Waals surface area contributed by atoms with Crippen molar-refractivity contribution in [3.63, 3.8) is 0 Å². The number of nitrogens with one attached hydrogen (secondary N) is 4. The van der Waals surface area contributed by atoms with Gasteiger partial charge in [0, 0.05) is 29.1 Å². The Morgan fingerprint density at radius 2 is 1.44 bits per heavy atom. The summed E-state index contributed by atoms with van der Waals surface area (Å²) in [5.74, 6) is -1.73. The summed E-state index contributed by atoms with van der Waals surface area (Å²) < 4.78 is 111. The van der Waals surface area contributed by atoms with E-state index in [9.17, 15) is 53.3 Å². The summed E-state index contributed by atoms with van der Waals surface area (Å²) in [7, 11) is -14.9. The van der Waals surface area contributed by atoms with Gasteiger partial charge >= 0.3 is 88.7 Å². The molecule has 0 radical (unpaired) electrons. The summed E-state index contributed by atoms with van der Waals surface area (Å²) >= 11 is 5.84. The first-order valence-corrected chi connectivity index (χ1v) is 20.0. The molecule has 19 nitrogen and oxygen atoms in total. The van der Waals surface area contributed by atoms with Gasteiger partial charge in [0.2, 0.25) is 16.5 Å². The van der Waals surface area contributed by atoms with E-state index in [-0.39, 0.29) is 139 Å². The summed E-state index contributed by atoms with van der Waals surface area (Å²) in [6, 6.07) is 13.5. The van der Waals surface area contributed by atoms with Crippen molar-refractivity contribution in [2.75, 3.05) is 5.32 Å². The molecule has 1 aliphatic rings. The van der Waals surface area contributed by atoms with Crippen LogP contribution in [0.15, 0.2) is 97.3 Å². The quantitative estimate of drug-likeness (QED) is 0.0626. The molecular weight excluding hydrogens is 887 g/mol. The Morgan fingerprint density at radius 3 is 2.05 bits per heavy atom.